The van der Waals surface area contributed by atoms with Crippen molar-refractivity contribution in [3.63, 3.8) is 0 Å². The monoisotopic (exact) mass is 370 g/mol. The van der Waals surface area contributed by atoms with Gasteiger partial charge in [0.05, 0.1) is 17.3 Å². The Morgan fingerprint density at radius 3 is 2.50 bits per heavy atom. The smallest absolute Gasteiger partial charge is 0.267 e. The fourth-order valence-electron chi connectivity index (χ4n) is 2.50. The largest absolute Gasteiger partial charge is 0.494 e. The Kier molecular flexibility index (Phi) is 5.63. The van der Waals surface area contributed by atoms with Crippen molar-refractivity contribution in [1.29, 1.82) is 0 Å². The van der Waals surface area contributed by atoms with Gasteiger partial charge in [0.15, 0.2) is 0 Å². The lowest BCUT2D eigenvalue weighted by Crippen LogP contribution is -2.11. The summed E-state index contributed by atoms with van der Waals surface area (Å²) in [4.78, 5) is 17.6. The summed E-state index contributed by atoms with van der Waals surface area (Å²) < 4.78 is 18.4. The molecule has 0 atom stereocenters. The van der Waals surface area contributed by atoms with E-state index in [4.69, 9.17) is 4.74 Å². The predicted octanol–water partition coefficient (Wildman–Crippen LogP) is 4.83. The molecule has 0 aliphatic carbocycles. The lowest BCUT2D eigenvalue weighted by Gasteiger charge is -2.06. The van der Waals surface area contributed by atoms with Crippen LogP contribution in [0.5, 0.6) is 5.75 Å². The second-order valence-electron chi connectivity index (χ2n) is 5.74. The zero-order valence-electron chi connectivity index (χ0n) is 14.6. The Balaban J connectivity index is 1.69. The van der Waals surface area contributed by atoms with E-state index in [2.05, 4.69) is 10.3 Å². The molecule has 3 rings (SSSR count). The Hall–Kier alpha value is -2.73. The van der Waals surface area contributed by atoms with E-state index < -0.39 is 0 Å². The van der Waals surface area contributed by atoms with Crippen LogP contribution < -0.4 is 10.1 Å². The van der Waals surface area contributed by atoms with Crippen molar-refractivity contribution < 1.29 is 13.9 Å². The van der Waals surface area contributed by atoms with E-state index in [1.807, 2.05) is 26.0 Å². The Morgan fingerprint density at radius 1 is 1.15 bits per heavy atom. The maximum atomic E-state index is 13.0. The van der Waals surface area contributed by atoms with Crippen molar-refractivity contribution in [2.75, 3.05) is 11.9 Å². The fourth-order valence-corrected chi connectivity index (χ4v) is 3.50. The number of anilines is 1. The molecular weight excluding hydrogens is 351 g/mol. The number of carbonyl (C=O) groups is 1. The molecule has 3 aromatic rings. The fraction of sp³-hybridized carbons (Fsp3) is 0.200. The summed E-state index contributed by atoms with van der Waals surface area (Å²) in [6, 6.07) is 13.6. The Bertz CT molecular complexity index is 889. The number of aryl methyl sites for hydroxylation is 1. The van der Waals surface area contributed by atoms with E-state index >= 15 is 0 Å². The van der Waals surface area contributed by atoms with E-state index in [9.17, 15) is 9.18 Å². The van der Waals surface area contributed by atoms with Gasteiger partial charge in [-0.1, -0.05) is 12.1 Å². The first-order valence-electron chi connectivity index (χ1n) is 8.30. The second kappa shape index (κ2) is 8.10. The number of rotatable bonds is 6. The van der Waals surface area contributed by atoms with Crippen molar-refractivity contribution in [1.82, 2.24) is 4.98 Å². The number of hydrogen-bond donors (Lipinski definition) is 1. The molecule has 0 saturated heterocycles. The van der Waals surface area contributed by atoms with E-state index in [-0.39, 0.29) is 11.7 Å². The summed E-state index contributed by atoms with van der Waals surface area (Å²) in [7, 11) is 0. The van der Waals surface area contributed by atoms with Gasteiger partial charge >= 0.3 is 0 Å². The average molecular weight is 370 g/mol. The first kappa shape index (κ1) is 18.1. The number of nitrogens with one attached hydrogen (secondary N) is 1. The van der Waals surface area contributed by atoms with Gasteiger partial charge in [-0.2, -0.15) is 0 Å². The molecule has 6 heteroatoms. The molecule has 26 heavy (non-hydrogen) atoms. The number of benzene rings is 2. The van der Waals surface area contributed by atoms with Crippen LogP contribution in [0.4, 0.5) is 10.1 Å². The molecule has 0 aliphatic heterocycles. The number of hydrogen-bond acceptors (Lipinski definition) is 4. The van der Waals surface area contributed by atoms with Crippen LogP contribution >= 0.6 is 11.3 Å². The third-order valence-corrected chi connectivity index (χ3v) is 4.90. The summed E-state index contributed by atoms with van der Waals surface area (Å²) in [6.07, 6.45) is 0.572. The lowest BCUT2D eigenvalue weighted by atomic mass is 10.1. The number of aromatic nitrogens is 1. The number of ether oxygens (including phenoxy) is 1. The summed E-state index contributed by atoms with van der Waals surface area (Å²) >= 11 is 1.36. The highest BCUT2D eigenvalue weighted by Gasteiger charge is 2.16. The Morgan fingerprint density at radius 2 is 1.85 bits per heavy atom. The van der Waals surface area contributed by atoms with E-state index in [0.717, 1.165) is 16.3 Å². The van der Waals surface area contributed by atoms with Crippen molar-refractivity contribution in [3.05, 3.63) is 75.5 Å². The van der Waals surface area contributed by atoms with Gasteiger partial charge in [0, 0.05) is 12.1 Å². The van der Waals surface area contributed by atoms with E-state index in [0.29, 0.717) is 29.3 Å². The average Bonchev–Trinajstić information content (AvgIpc) is 2.99. The van der Waals surface area contributed by atoms with Crippen LogP contribution in [0.3, 0.4) is 0 Å². The molecule has 4 nitrogen and oxygen atoms in total. The van der Waals surface area contributed by atoms with Gasteiger partial charge in [-0.05, 0) is 55.8 Å². The van der Waals surface area contributed by atoms with Crippen LogP contribution in [-0.2, 0) is 6.42 Å². The Labute approximate surface area is 155 Å². The molecular formula is C20H19FN2O2S. The molecule has 0 unspecified atom stereocenters. The molecule has 0 spiro atoms. The minimum Gasteiger partial charge on any atom is -0.494 e. The van der Waals surface area contributed by atoms with E-state index in [1.165, 1.54) is 23.5 Å². The summed E-state index contributed by atoms with van der Waals surface area (Å²) in [5, 5.41) is 3.70. The summed E-state index contributed by atoms with van der Waals surface area (Å²) in [5.41, 5.74) is 2.35. The van der Waals surface area contributed by atoms with Crippen molar-refractivity contribution >= 4 is 22.9 Å². The molecule has 0 bridgehead atoms. The minimum absolute atomic E-state index is 0.186. The molecule has 134 valence electrons. The highest BCUT2D eigenvalue weighted by Crippen LogP contribution is 2.23. The van der Waals surface area contributed by atoms with Crippen LogP contribution in [0.25, 0.3) is 0 Å². The van der Waals surface area contributed by atoms with Gasteiger partial charge in [-0.25, -0.2) is 9.37 Å². The topological polar surface area (TPSA) is 51.2 Å². The molecule has 0 fully saturated rings. The quantitative estimate of drug-likeness (QED) is 0.676. The molecule has 0 radical (unpaired) electrons. The number of carbonyl (C=O) groups excluding carboxylic acids is 1. The first-order valence-corrected chi connectivity index (χ1v) is 9.11. The van der Waals surface area contributed by atoms with Crippen LogP contribution in [0.2, 0.25) is 0 Å². The predicted molar refractivity (Wildman–Crippen MR) is 102 cm³/mol. The van der Waals surface area contributed by atoms with Crippen molar-refractivity contribution in [2.45, 2.75) is 20.3 Å². The summed E-state index contributed by atoms with van der Waals surface area (Å²) in [6.45, 7) is 4.34. The SMILES string of the molecule is CCOc1ccc(NC(=O)c2sc(Cc3ccc(F)cc3)nc2C)cc1. The first-order chi connectivity index (χ1) is 12.5. The second-order valence-corrected chi connectivity index (χ2v) is 6.82. The summed E-state index contributed by atoms with van der Waals surface area (Å²) in [5.74, 6) is 0.315. The van der Waals surface area contributed by atoms with E-state index in [1.54, 1.807) is 24.3 Å². The van der Waals surface area contributed by atoms with Gasteiger partial charge in [0.1, 0.15) is 16.4 Å². The number of thiazole rings is 1. The molecule has 0 aliphatic rings. The zero-order valence-corrected chi connectivity index (χ0v) is 15.4. The molecule has 2 aromatic carbocycles. The molecule has 1 N–H and O–H groups in total. The maximum absolute atomic E-state index is 13.0. The molecule has 1 heterocycles. The van der Waals surface area contributed by atoms with Gasteiger partial charge < -0.3 is 10.1 Å². The molecule has 1 amide bonds. The van der Waals surface area contributed by atoms with Crippen LogP contribution in [-0.4, -0.2) is 17.5 Å². The van der Waals surface area contributed by atoms with Gasteiger partial charge in [-0.3, -0.25) is 4.79 Å². The normalized spacial score (nSPS) is 10.6. The van der Waals surface area contributed by atoms with Gasteiger partial charge in [-0.15, -0.1) is 11.3 Å². The maximum Gasteiger partial charge on any atom is 0.267 e. The third-order valence-electron chi connectivity index (χ3n) is 3.74. The zero-order chi connectivity index (χ0) is 18.5. The highest BCUT2D eigenvalue weighted by molar-refractivity contribution is 7.14. The highest BCUT2D eigenvalue weighted by atomic mass is 32.1. The van der Waals surface area contributed by atoms with Crippen LogP contribution in [0.15, 0.2) is 48.5 Å². The van der Waals surface area contributed by atoms with Crippen molar-refractivity contribution in [2.24, 2.45) is 0 Å². The van der Waals surface area contributed by atoms with Gasteiger partial charge in [0.25, 0.3) is 5.91 Å². The molecule has 0 saturated carbocycles. The third kappa shape index (κ3) is 4.46. The standard InChI is InChI=1S/C20H19FN2O2S/c1-3-25-17-10-8-16(9-11-17)23-20(24)19-13(2)22-18(26-19)12-14-4-6-15(21)7-5-14/h4-11H,3,12H2,1-2H3,(H,23,24). The van der Waals surface area contributed by atoms with Crippen molar-refractivity contribution in [3.8, 4) is 5.75 Å². The van der Waals surface area contributed by atoms with Gasteiger partial charge in [0.2, 0.25) is 0 Å². The number of halogens is 1. The molecule has 1 aromatic heterocycles. The number of nitrogens with zero attached hydrogens (tertiary/aromatic N) is 1. The lowest BCUT2D eigenvalue weighted by molar-refractivity contribution is 0.103. The minimum atomic E-state index is -0.264. The number of amides is 1. The van der Waals surface area contributed by atoms with Crippen LogP contribution in [0.1, 0.15) is 32.9 Å². The van der Waals surface area contributed by atoms with Crippen LogP contribution in [0, 0.1) is 12.7 Å².